The molecule has 6 rings (SSSR count). The van der Waals surface area contributed by atoms with Crippen LogP contribution in [0.2, 0.25) is 10.0 Å². The molecular formula is C34H33Cl2N3O5. The normalized spacial score (nSPS) is 20.0. The van der Waals surface area contributed by atoms with E-state index in [0.29, 0.717) is 28.8 Å². The Morgan fingerprint density at radius 2 is 1.52 bits per heavy atom. The first-order chi connectivity index (χ1) is 21.3. The van der Waals surface area contributed by atoms with Gasteiger partial charge in [0.2, 0.25) is 0 Å². The predicted molar refractivity (Wildman–Crippen MR) is 174 cm³/mol. The van der Waals surface area contributed by atoms with Crippen molar-refractivity contribution in [1.82, 2.24) is 0 Å². The third-order valence-corrected chi connectivity index (χ3v) is 8.44. The lowest BCUT2D eigenvalue weighted by molar-refractivity contribution is -0.164. The van der Waals surface area contributed by atoms with Crippen LogP contribution < -0.4 is 19.9 Å². The van der Waals surface area contributed by atoms with Crippen LogP contribution in [-0.2, 0) is 15.3 Å². The second kappa shape index (κ2) is 13.0. The molecule has 0 spiro atoms. The molecule has 1 amide bonds. The van der Waals surface area contributed by atoms with Crippen LogP contribution in [-0.4, -0.2) is 56.5 Å². The molecule has 2 aliphatic rings. The Kier molecular flexibility index (Phi) is 8.86. The van der Waals surface area contributed by atoms with Gasteiger partial charge in [0.05, 0.1) is 11.6 Å². The first-order valence-electron chi connectivity index (χ1n) is 14.5. The van der Waals surface area contributed by atoms with E-state index in [2.05, 4.69) is 27.2 Å². The third-order valence-electron chi connectivity index (χ3n) is 7.89. The standard InChI is InChI=1S/C34H33Cl2N3O5/c1-34(31-15-4-24(35)20-32(31)36)43-22-30(44-34)21-42-29-13-9-27(10-14-29)39-18-16-38(17-19-39)26-7-5-25(6-8-26)37-33(41)23-2-11-28(40)12-3-23/h2-15,20,30,40H,16-19,21-22H2,1H3,(H,37,41)/t30-,34-/m1/s1. The Balaban J connectivity index is 0.962. The van der Waals surface area contributed by atoms with Crippen molar-refractivity contribution in [3.05, 3.63) is 112 Å². The lowest BCUT2D eigenvalue weighted by atomic mass is 10.1. The molecule has 2 N–H and O–H groups in total. The monoisotopic (exact) mass is 633 g/mol. The van der Waals surface area contributed by atoms with E-state index >= 15 is 0 Å². The summed E-state index contributed by atoms with van der Waals surface area (Å²) in [6.07, 6.45) is -0.232. The zero-order valence-electron chi connectivity index (χ0n) is 24.2. The Morgan fingerprint density at radius 1 is 0.909 bits per heavy atom. The molecule has 10 heteroatoms. The van der Waals surface area contributed by atoms with E-state index in [1.54, 1.807) is 24.3 Å². The van der Waals surface area contributed by atoms with Gasteiger partial charge in [-0.1, -0.05) is 29.3 Å². The number of rotatable bonds is 8. The van der Waals surface area contributed by atoms with Gasteiger partial charge >= 0.3 is 0 Å². The highest BCUT2D eigenvalue weighted by molar-refractivity contribution is 6.35. The van der Waals surface area contributed by atoms with Gasteiger partial charge in [-0.05, 0) is 91.9 Å². The minimum absolute atomic E-state index is 0.129. The van der Waals surface area contributed by atoms with E-state index in [4.69, 9.17) is 37.4 Å². The molecule has 2 heterocycles. The number of carbonyl (C=O) groups is 1. The van der Waals surface area contributed by atoms with Crippen LogP contribution in [0.4, 0.5) is 17.1 Å². The number of ether oxygens (including phenoxy) is 3. The van der Waals surface area contributed by atoms with Crippen molar-refractivity contribution in [2.75, 3.05) is 54.5 Å². The molecule has 228 valence electrons. The molecule has 0 saturated carbocycles. The third kappa shape index (κ3) is 6.89. The quantitative estimate of drug-likeness (QED) is 0.217. The SMILES string of the molecule is C[C@@]1(c2ccc(Cl)cc2Cl)OC[C@@H](COc2ccc(N3CCN(c4ccc(NC(=O)c5ccc(O)cc5)cc4)CC3)cc2)O1. The number of hydrogen-bond donors (Lipinski definition) is 2. The number of carbonyl (C=O) groups excluding carboxylic acids is 1. The minimum atomic E-state index is -0.950. The van der Waals surface area contributed by atoms with Crippen molar-refractivity contribution in [2.45, 2.75) is 18.8 Å². The highest BCUT2D eigenvalue weighted by Crippen LogP contribution is 2.39. The molecule has 8 nitrogen and oxygen atoms in total. The van der Waals surface area contributed by atoms with Gasteiger partial charge in [-0.2, -0.15) is 0 Å². The van der Waals surface area contributed by atoms with Crippen LogP contribution >= 0.6 is 23.2 Å². The highest BCUT2D eigenvalue weighted by atomic mass is 35.5. The number of nitrogens with one attached hydrogen (secondary N) is 1. The lowest BCUT2D eigenvalue weighted by Crippen LogP contribution is -2.46. The molecular weight excluding hydrogens is 601 g/mol. The molecule has 0 radical (unpaired) electrons. The second-order valence-corrected chi connectivity index (χ2v) is 11.8. The number of anilines is 3. The molecule has 4 aromatic rings. The fourth-order valence-corrected chi connectivity index (χ4v) is 6.04. The van der Waals surface area contributed by atoms with E-state index in [1.807, 2.05) is 49.4 Å². The molecule has 0 unspecified atom stereocenters. The number of halogens is 2. The first kappa shape index (κ1) is 30.1. The topological polar surface area (TPSA) is 83.5 Å². The highest BCUT2D eigenvalue weighted by Gasteiger charge is 2.40. The number of phenolic OH excluding ortho intramolecular Hbond substituents is 1. The van der Waals surface area contributed by atoms with Crippen LogP contribution in [0.15, 0.2) is 91.0 Å². The zero-order valence-corrected chi connectivity index (χ0v) is 25.7. The number of aromatic hydroxyl groups is 1. The summed E-state index contributed by atoms with van der Waals surface area (Å²) in [5.74, 6) is -0.268. The van der Waals surface area contributed by atoms with Gasteiger partial charge in [-0.25, -0.2) is 0 Å². The van der Waals surface area contributed by atoms with Crippen molar-refractivity contribution in [3.8, 4) is 11.5 Å². The van der Waals surface area contributed by atoms with Gasteiger partial charge in [0.15, 0.2) is 5.79 Å². The Bertz CT molecular complexity index is 1590. The number of amides is 1. The average Bonchev–Trinajstić information content (AvgIpc) is 3.42. The molecule has 2 saturated heterocycles. The summed E-state index contributed by atoms with van der Waals surface area (Å²) in [6.45, 7) is 6.15. The van der Waals surface area contributed by atoms with Gasteiger partial charge in [0.1, 0.15) is 24.2 Å². The molecule has 4 aromatic carbocycles. The largest absolute Gasteiger partial charge is 0.508 e. The molecule has 0 aliphatic carbocycles. The zero-order chi connectivity index (χ0) is 30.7. The summed E-state index contributed by atoms with van der Waals surface area (Å²) < 4.78 is 18.2. The molecule has 2 aliphatic heterocycles. The first-order valence-corrected chi connectivity index (χ1v) is 15.2. The van der Waals surface area contributed by atoms with Crippen molar-refractivity contribution in [2.24, 2.45) is 0 Å². The van der Waals surface area contributed by atoms with E-state index in [1.165, 1.54) is 12.1 Å². The summed E-state index contributed by atoms with van der Waals surface area (Å²) in [5.41, 5.74) is 4.21. The molecule has 2 fully saturated rings. The Labute approximate surface area is 266 Å². The minimum Gasteiger partial charge on any atom is -0.508 e. The van der Waals surface area contributed by atoms with Crippen LogP contribution in [0.1, 0.15) is 22.8 Å². The van der Waals surface area contributed by atoms with Crippen molar-refractivity contribution in [1.29, 1.82) is 0 Å². The maximum absolute atomic E-state index is 12.5. The van der Waals surface area contributed by atoms with Crippen molar-refractivity contribution >= 4 is 46.2 Å². The van der Waals surface area contributed by atoms with Gasteiger partial charge in [-0.3, -0.25) is 4.79 Å². The van der Waals surface area contributed by atoms with Crippen molar-refractivity contribution < 1.29 is 24.1 Å². The smallest absolute Gasteiger partial charge is 0.255 e. The van der Waals surface area contributed by atoms with E-state index in [-0.39, 0.29) is 17.8 Å². The van der Waals surface area contributed by atoms with Crippen LogP contribution in [0, 0.1) is 0 Å². The van der Waals surface area contributed by atoms with Gasteiger partial charge < -0.3 is 34.4 Å². The number of piperazine rings is 1. The fourth-order valence-electron chi connectivity index (χ4n) is 5.46. The van der Waals surface area contributed by atoms with E-state index < -0.39 is 5.79 Å². The maximum Gasteiger partial charge on any atom is 0.255 e. The number of hydrogen-bond acceptors (Lipinski definition) is 7. The van der Waals surface area contributed by atoms with E-state index in [0.717, 1.165) is 54.6 Å². The molecule has 0 aromatic heterocycles. The second-order valence-electron chi connectivity index (χ2n) is 10.9. The lowest BCUT2D eigenvalue weighted by Gasteiger charge is -2.37. The Morgan fingerprint density at radius 3 is 2.14 bits per heavy atom. The van der Waals surface area contributed by atoms with Gasteiger partial charge in [0.25, 0.3) is 5.91 Å². The van der Waals surface area contributed by atoms with Crippen molar-refractivity contribution in [3.63, 3.8) is 0 Å². The van der Waals surface area contributed by atoms with E-state index in [9.17, 15) is 9.90 Å². The summed E-state index contributed by atoms with van der Waals surface area (Å²) in [6, 6.07) is 27.5. The average molecular weight is 635 g/mol. The summed E-state index contributed by atoms with van der Waals surface area (Å²) >= 11 is 12.4. The van der Waals surface area contributed by atoms with Crippen LogP contribution in [0.5, 0.6) is 11.5 Å². The predicted octanol–water partition coefficient (Wildman–Crippen LogP) is 6.95. The van der Waals surface area contributed by atoms with Crippen LogP contribution in [0.25, 0.3) is 0 Å². The van der Waals surface area contributed by atoms with Crippen LogP contribution in [0.3, 0.4) is 0 Å². The number of nitrogens with zero attached hydrogens (tertiary/aromatic N) is 2. The molecule has 2 atom stereocenters. The molecule has 0 bridgehead atoms. The molecule has 44 heavy (non-hydrogen) atoms. The summed E-state index contributed by atoms with van der Waals surface area (Å²) in [4.78, 5) is 17.2. The van der Waals surface area contributed by atoms with Gasteiger partial charge in [0, 0.05) is 59.4 Å². The maximum atomic E-state index is 12.5. The Hall–Kier alpha value is -3.95. The van der Waals surface area contributed by atoms with Gasteiger partial charge in [-0.15, -0.1) is 0 Å². The number of benzene rings is 4. The summed E-state index contributed by atoms with van der Waals surface area (Å²) in [7, 11) is 0. The summed E-state index contributed by atoms with van der Waals surface area (Å²) in [5, 5.41) is 13.4. The fraction of sp³-hybridized carbons (Fsp3) is 0.265. The number of phenols is 1.